The van der Waals surface area contributed by atoms with E-state index >= 15 is 0 Å². The molecule has 1 aliphatic rings. The normalized spacial score (nSPS) is 19.0. The van der Waals surface area contributed by atoms with Crippen molar-refractivity contribution >= 4 is 17.4 Å². The first-order valence-corrected chi connectivity index (χ1v) is 10.5. The van der Waals surface area contributed by atoms with Crippen molar-refractivity contribution in [2.24, 2.45) is 0 Å². The molecule has 9 heteroatoms. The number of aryl methyl sites for hydroxylation is 1. The number of nitrogens with one attached hydrogen (secondary N) is 2. The second-order valence-electron chi connectivity index (χ2n) is 8.16. The maximum absolute atomic E-state index is 13.1. The van der Waals surface area contributed by atoms with Crippen LogP contribution in [0.5, 0.6) is 5.75 Å². The first kappa shape index (κ1) is 22.0. The van der Waals surface area contributed by atoms with Gasteiger partial charge in [-0.1, -0.05) is 0 Å². The zero-order valence-corrected chi connectivity index (χ0v) is 17.9. The van der Waals surface area contributed by atoms with E-state index in [4.69, 9.17) is 4.74 Å². The van der Waals surface area contributed by atoms with Crippen molar-refractivity contribution in [2.75, 3.05) is 12.4 Å². The van der Waals surface area contributed by atoms with Crippen LogP contribution in [0, 0.1) is 6.92 Å². The highest BCUT2D eigenvalue weighted by atomic mass is 19.4. The zero-order chi connectivity index (χ0) is 22.9. The van der Waals surface area contributed by atoms with Crippen LogP contribution in [-0.4, -0.2) is 34.5 Å². The fourth-order valence-electron chi connectivity index (χ4n) is 4.07. The Morgan fingerprint density at radius 2 is 1.75 bits per heavy atom. The highest BCUT2D eigenvalue weighted by Crippen LogP contribution is 2.31. The van der Waals surface area contributed by atoms with E-state index in [2.05, 4.69) is 15.6 Å². The number of anilines is 1. The molecule has 1 amide bonds. The van der Waals surface area contributed by atoms with Crippen molar-refractivity contribution in [3.8, 4) is 5.75 Å². The van der Waals surface area contributed by atoms with Crippen LogP contribution in [0.1, 0.15) is 47.3 Å². The zero-order valence-electron chi connectivity index (χ0n) is 17.9. The fraction of sp³-hybridized carbons (Fsp3) is 0.391. The predicted octanol–water partition coefficient (Wildman–Crippen LogP) is 4.82. The van der Waals surface area contributed by atoms with Crippen LogP contribution in [0.3, 0.4) is 0 Å². The number of pyridine rings is 1. The number of benzene rings is 1. The van der Waals surface area contributed by atoms with Crippen LogP contribution < -0.4 is 15.4 Å². The third kappa shape index (κ3) is 4.81. The summed E-state index contributed by atoms with van der Waals surface area (Å²) in [5.74, 6) is 1.16. The number of halogens is 3. The molecule has 0 saturated heterocycles. The Kier molecular flexibility index (Phi) is 5.99. The van der Waals surface area contributed by atoms with Crippen molar-refractivity contribution in [3.63, 3.8) is 0 Å². The molecule has 2 heterocycles. The Labute approximate surface area is 183 Å². The van der Waals surface area contributed by atoms with Gasteiger partial charge in [0.1, 0.15) is 17.2 Å². The van der Waals surface area contributed by atoms with Crippen molar-refractivity contribution in [2.45, 2.75) is 50.9 Å². The average molecular weight is 446 g/mol. The predicted molar refractivity (Wildman–Crippen MR) is 115 cm³/mol. The van der Waals surface area contributed by atoms with Gasteiger partial charge in [-0.25, -0.2) is 4.98 Å². The lowest BCUT2D eigenvalue weighted by atomic mass is 9.91. The van der Waals surface area contributed by atoms with Crippen LogP contribution in [-0.2, 0) is 6.18 Å². The number of imidazole rings is 1. The van der Waals surface area contributed by atoms with Crippen LogP contribution in [0.25, 0.3) is 5.65 Å². The molecule has 1 saturated carbocycles. The Hall–Kier alpha value is -3.23. The highest BCUT2D eigenvalue weighted by molar-refractivity contribution is 5.94. The molecule has 170 valence electrons. The lowest BCUT2D eigenvalue weighted by Gasteiger charge is -2.30. The lowest BCUT2D eigenvalue weighted by Crippen LogP contribution is -2.40. The van der Waals surface area contributed by atoms with Crippen molar-refractivity contribution in [1.82, 2.24) is 14.7 Å². The molecule has 1 aliphatic carbocycles. The summed E-state index contributed by atoms with van der Waals surface area (Å²) in [7, 11) is 1.57. The maximum atomic E-state index is 13.1. The molecule has 0 radical (unpaired) electrons. The van der Waals surface area contributed by atoms with Gasteiger partial charge in [-0.3, -0.25) is 9.20 Å². The summed E-state index contributed by atoms with van der Waals surface area (Å²) >= 11 is 0. The molecule has 32 heavy (non-hydrogen) atoms. The van der Waals surface area contributed by atoms with E-state index in [1.807, 2.05) is 13.0 Å². The topological polar surface area (TPSA) is 67.7 Å². The largest absolute Gasteiger partial charge is 0.497 e. The summed E-state index contributed by atoms with van der Waals surface area (Å²) in [6, 6.07) is 10.6. The Balaban J connectivity index is 1.38. The number of alkyl halides is 3. The molecule has 6 nitrogen and oxygen atoms in total. The molecule has 1 aromatic carbocycles. The minimum absolute atomic E-state index is 0.0604. The number of hydrogen-bond acceptors (Lipinski definition) is 4. The summed E-state index contributed by atoms with van der Waals surface area (Å²) < 4.78 is 45.8. The monoisotopic (exact) mass is 446 g/mol. The maximum Gasteiger partial charge on any atom is 0.434 e. The van der Waals surface area contributed by atoms with E-state index in [1.54, 1.807) is 37.4 Å². The van der Waals surface area contributed by atoms with Crippen LogP contribution in [0.4, 0.5) is 19.0 Å². The number of aromatic nitrogens is 2. The van der Waals surface area contributed by atoms with Crippen molar-refractivity contribution in [3.05, 3.63) is 59.4 Å². The number of fused-ring (bicyclic) bond motifs is 1. The first-order chi connectivity index (χ1) is 15.2. The molecule has 3 aromatic rings. The van der Waals surface area contributed by atoms with Gasteiger partial charge in [-0.2, -0.15) is 13.2 Å². The lowest BCUT2D eigenvalue weighted by molar-refractivity contribution is -0.140. The Morgan fingerprint density at radius 3 is 2.38 bits per heavy atom. The average Bonchev–Trinajstić information content (AvgIpc) is 3.20. The molecule has 0 atom stereocenters. The van der Waals surface area contributed by atoms with E-state index in [-0.39, 0.29) is 23.6 Å². The molecule has 0 unspecified atom stereocenters. The molecule has 1 fully saturated rings. The van der Waals surface area contributed by atoms with Crippen molar-refractivity contribution < 1.29 is 22.7 Å². The van der Waals surface area contributed by atoms with Gasteiger partial charge in [0.15, 0.2) is 5.69 Å². The number of amides is 1. The number of carbonyl (C=O) groups is 1. The molecule has 2 aromatic heterocycles. The molecule has 2 N–H and O–H groups in total. The fourth-order valence-corrected chi connectivity index (χ4v) is 4.07. The summed E-state index contributed by atoms with van der Waals surface area (Å²) in [6.45, 7) is 1.83. The van der Waals surface area contributed by atoms with E-state index in [0.717, 1.165) is 37.4 Å². The molecule has 0 aliphatic heterocycles. The van der Waals surface area contributed by atoms with E-state index in [9.17, 15) is 18.0 Å². The van der Waals surface area contributed by atoms with Gasteiger partial charge in [0, 0.05) is 23.8 Å². The van der Waals surface area contributed by atoms with Gasteiger partial charge < -0.3 is 15.4 Å². The molecule has 4 rings (SSSR count). The van der Waals surface area contributed by atoms with Gasteiger partial charge in [-0.05, 0) is 74.6 Å². The number of rotatable bonds is 5. The standard InChI is InChI=1S/C23H25F3N4O2/c1-14-11-20(30-13-19(23(24,25)26)29-21(30)12-14)27-16-5-7-17(8-6-16)28-22(31)15-3-9-18(32-2)10-4-15/h3-4,9-13,16-17,27H,5-8H2,1-2H3,(H,28,31)/t16-,17+. The van der Waals surface area contributed by atoms with Gasteiger partial charge in [0.25, 0.3) is 5.91 Å². The molecular weight excluding hydrogens is 421 g/mol. The summed E-state index contributed by atoms with van der Waals surface area (Å²) in [5, 5.41) is 6.44. The Bertz CT molecular complexity index is 1100. The van der Waals surface area contributed by atoms with Gasteiger partial charge in [0.05, 0.1) is 7.11 Å². The van der Waals surface area contributed by atoms with E-state index in [0.29, 0.717) is 17.1 Å². The minimum Gasteiger partial charge on any atom is -0.497 e. The van der Waals surface area contributed by atoms with Gasteiger partial charge in [-0.15, -0.1) is 0 Å². The quantitative estimate of drug-likeness (QED) is 0.590. The van der Waals surface area contributed by atoms with Crippen LogP contribution in [0.15, 0.2) is 42.6 Å². The number of methoxy groups -OCH3 is 1. The Morgan fingerprint density at radius 1 is 1.09 bits per heavy atom. The van der Waals surface area contributed by atoms with Gasteiger partial charge in [0.2, 0.25) is 0 Å². The number of carbonyl (C=O) groups excluding carboxylic acids is 1. The molecule has 0 spiro atoms. The molecular formula is C23H25F3N4O2. The summed E-state index contributed by atoms with van der Waals surface area (Å²) in [5.41, 5.74) is 0.768. The number of hydrogen-bond donors (Lipinski definition) is 2. The minimum atomic E-state index is -4.49. The summed E-state index contributed by atoms with van der Waals surface area (Å²) in [6.07, 6.45) is -0.304. The van der Waals surface area contributed by atoms with Gasteiger partial charge >= 0.3 is 6.18 Å². The molecule has 0 bridgehead atoms. The van der Waals surface area contributed by atoms with Crippen molar-refractivity contribution in [1.29, 1.82) is 0 Å². The third-order valence-corrected chi connectivity index (χ3v) is 5.77. The second kappa shape index (κ2) is 8.72. The first-order valence-electron chi connectivity index (χ1n) is 10.5. The third-order valence-electron chi connectivity index (χ3n) is 5.77. The van der Waals surface area contributed by atoms with Crippen LogP contribution >= 0.6 is 0 Å². The van der Waals surface area contributed by atoms with E-state index in [1.165, 1.54) is 4.40 Å². The highest BCUT2D eigenvalue weighted by Gasteiger charge is 2.34. The summed E-state index contributed by atoms with van der Waals surface area (Å²) in [4.78, 5) is 16.2. The van der Waals surface area contributed by atoms with E-state index < -0.39 is 11.9 Å². The number of nitrogens with zero attached hydrogens (tertiary/aromatic N) is 2. The number of ether oxygens (including phenoxy) is 1. The van der Waals surface area contributed by atoms with Crippen LogP contribution in [0.2, 0.25) is 0 Å². The second-order valence-corrected chi connectivity index (χ2v) is 8.16. The smallest absolute Gasteiger partial charge is 0.434 e. The SMILES string of the molecule is COc1ccc(C(=O)N[C@H]2CC[C@@H](Nc3cc(C)cc4nc(C(F)(F)F)cn34)CC2)cc1.